The van der Waals surface area contributed by atoms with Crippen molar-refractivity contribution in [2.45, 2.75) is 0 Å². The summed E-state index contributed by atoms with van der Waals surface area (Å²) in [6.45, 7) is 6.06. The number of ether oxygens (including phenoxy) is 7. The van der Waals surface area contributed by atoms with Gasteiger partial charge >= 0.3 is 29.8 Å². The van der Waals surface area contributed by atoms with Crippen LogP contribution in [0.25, 0.3) is 21.5 Å². The number of hydrogen-bond acceptors (Lipinski definition) is 12. The third-order valence-electron chi connectivity index (χ3n) is 7.05. The van der Waals surface area contributed by atoms with Gasteiger partial charge < -0.3 is 33.2 Å². The van der Waals surface area contributed by atoms with Gasteiger partial charge in [-0.05, 0) is 88.3 Å². The maximum absolute atomic E-state index is 13.1. The van der Waals surface area contributed by atoms with Gasteiger partial charge in [0.15, 0.2) is 0 Å². The Kier molecular flexibility index (Phi) is 10.8. The highest BCUT2D eigenvalue weighted by molar-refractivity contribution is 6.00. The van der Waals surface area contributed by atoms with Gasteiger partial charge in [0.25, 0.3) is 0 Å². The van der Waals surface area contributed by atoms with Crippen LogP contribution in [0, 0.1) is 0 Å². The summed E-state index contributed by atoms with van der Waals surface area (Å²) in [4.78, 5) is 61.2. The number of esters is 5. The highest BCUT2D eigenvalue weighted by Gasteiger charge is 2.20. The summed E-state index contributed by atoms with van der Waals surface area (Å²) in [5.74, 6) is -2.70. The minimum atomic E-state index is -0.821. The van der Waals surface area contributed by atoms with Crippen LogP contribution in [0.3, 0.4) is 0 Å². The maximum atomic E-state index is 13.1. The van der Waals surface area contributed by atoms with Gasteiger partial charge in [-0.15, -0.1) is 0 Å². The van der Waals surface area contributed by atoms with Crippen molar-refractivity contribution in [2.75, 3.05) is 20.7 Å². The number of fused-ring (bicyclic) bond motifs is 2. The zero-order valence-corrected chi connectivity index (χ0v) is 26.5. The van der Waals surface area contributed by atoms with E-state index < -0.39 is 29.8 Å². The molecule has 0 aliphatic heterocycles. The Bertz CT molecular complexity index is 2150. The Labute approximate surface area is 285 Å². The summed E-state index contributed by atoms with van der Waals surface area (Å²) in [5.41, 5.74) is 0.284. The topological polar surface area (TPSA) is 150 Å². The largest absolute Gasteiger partial charge is 0.465 e. The average molecular weight is 677 g/mol. The minimum absolute atomic E-state index is 0.0103. The molecule has 252 valence electrons. The van der Waals surface area contributed by atoms with E-state index in [1.54, 1.807) is 72.8 Å². The maximum Gasteiger partial charge on any atom is 0.343 e. The number of carbonyl (C=O) groups is 5. The molecule has 0 saturated heterocycles. The van der Waals surface area contributed by atoms with Crippen molar-refractivity contribution in [2.24, 2.45) is 0 Å². The van der Waals surface area contributed by atoms with Gasteiger partial charge in [-0.1, -0.05) is 37.4 Å². The third-order valence-corrected chi connectivity index (χ3v) is 7.05. The van der Waals surface area contributed by atoms with Gasteiger partial charge in [-0.25, -0.2) is 24.0 Å². The molecule has 5 aromatic carbocycles. The molecule has 0 saturated carbocycles. The molecule has 12 heteroatoms. The molecule has 0 bridgehead atoms. The SMILES string of the molecule is C=CC(=O)OCOc1ccc2cc(C(=O)Oc3ccc(OC(=O)c4ccc5cc(OCOC(=O)C=C)ccc5c4)c(C(=O)OC)c3)ccc2c1. The predicted octanol–water partition coefficient (Wildman–Crippen LogP) is 6.35. The lowest BCUT2D eigenvalue weighted by Crippen LogP contribution is -2.13. The van der Waals surface area contributed by atoms with E-state index in [4.69, 9.17) is 33.2 Å². The van der Waals surface area contributed by atoms with Crippen LogP contribution in [0.2, 0.25) is 0 Å². The first-order valence-corrected chi connectivity index (χ1v) is 14.8. The van der Waals surface area contributed by atoms with E-state index >= 15 is 0 Å². The summed E-state index contributed by atoms with van der Waals surface area (Å²) < 4.78 is 36.4. The molecule has 0 radical (unpaired) electrons. The van der Waals surface area contributed by atoms with Gasteiger partial charge in [0, 0.05) is 12.2 Å². The molecule has 5 aromatic rings. The molecule has 0 amide bonds. The van der Waals surface area contributed by atoms with Gasteiger partial charge in [-0.3, -0.25) is 0 Å². The van der Waals surface area contributed by atoms with Gasteiger partial charge in [0.05, 0.1) is 18.2 Å². The highest BCUT2D eigenvalue weighted by Crippen LogP contribution is 2.29. The average Bonchev–Trinajstić information content (AvgIpc) is 3.14. The standard InChI is InChI=1S/C38H28O12/c1-4-34(39)47-21-45-29-12-10-23-16-27(8-6-25(23)18-29)36(41)49-31-14-15-33(32(20-31)38(43)44-3)50-37(42)28-9-7-26-19-30(13-11-24(26)17-28)46-22-48-35(40)5-2/h4-20H,1-2,21-22H2,3H3. The van der Waals surface area contributed by atoms with E-state index in [1.807, 2.05) is 0 Å². The van der Waals surface area contributed by atoms with E-state index in [0.717, 1.165) is 30.0 Å². The Hall–Kier alpha value is -6.95. The molecular formula is C38H28O12. The molecule has 12 nitrogen and oxygen atoms in total. The lowest BCUT2D eigenvalue weighted by atomic mass is 10.1. The van der Waals surface area contributed by atoms with Crippen molar-refractivity contribution in [1.82, 2.24) is 0 Å². The minimum Gasteiger partial charge on any atom is -0.465 e. The van der Waals surface area contributed by atoms with Gasteiger partial charge in [0.2, 0.25) is 13.6 Å². The van der Waals surface area contributed by atoms with Crippen molar-refractivity contribution >= 4 is 51.4 Å². The van der Waals surface area contributed by atoms with Crippen LogP contribution >= 0.6 is 0 Å². The molecule has 0 atom stereocenters. The summed E-state index contributed by atoms with van der Waals surface area (Å²) in [6.07, 6.45) is 2.06. The molecule has 0 aromatic heterocycles. The zero-order valence-electron chi connectivity index (χ0n) is 26.5. The molecule has 0 heterocycles. The van der Waals surface area contributed by atoms with Crippen LogP contribution in [-0.4, -0.2) is 50.5 Å². The molecular weight excluding hydrogens is 648 g/mol. The molecule has 0 spiro atoms. The van der Waals surface area contributed by atoms with Crippen molar-refractivity contribution in [1.29, 1.82) is 0 Å². The predicted molar refractivity (Wildman–Crippen MR) is 179 cm³/mol. The Morgan fingerprint density at radius 2 is 1.00 bits per heavy atom. The quantitative estimate of drug-likeness (QED) is 0.0450. The second kappa shape index (κ2) is 15.8. The molecule has 0 unspecified atom stereocenters. The molecule has 50 heavy (non-hydrogen) atoms. The number of benzene rings is 5. The van der Waals surface area contributed by atoms with E-state index in [2.05, 4.69) is 13.2 Å². The molecule has 0 fully saturated rings. The second-order valence-corrected chi connectivity index (χ2v) is 10.2. The van der Waals surface area contributed by atoms with Crippen LogP contribution in [0.15, 0.2) is 116 Å². The fourth-order valence-electron chi connectivity index (χ4n) is 4.57. The Morgan fingerprint density at radius 1 is 0.540 bits per heavy atom. The first-order valence-electron chi connectivity index (χ1n) is 14.8. The number of methoxy groups -OCH3 is 1. The van der Waals surface area contributed by atoms with E-state index in [-0.39, 0.29) is 41.8 Å². The van der Waals surface area contributed by atoms with Crippen molar-refractivity contribution < 1.29 is 57.1 Å². The fraction of sp³-hybridized carbons (Fsp3) is 0.0789. The van der Waals surface area contributed by atoms with Crippen LogP contribution in [-0.2, 0) is 23.8 Å². The number of carbonyl (C=O) groups excluding carboxylic acids is 5. The molecule has 0 N–H and O–H groups in total. The second-order valence-electron chi connectivity index (χ2n) is 10.2. The Morgan fingerprint density at radius 3 is 1.50 bits per heavy atom. The normalized spacial score (nSPS) is 10.4. The molecule has 0 aliphatic carbocycles. The van der Waals surface area contributed by atoms with E-state index in [1.165, 1.54) is 18.2 Å². The monoisotopic (exact) mass is 676 g/mol. The first-order chi connectivity index (χ1) is 24.2. The van der Waals surface area contributed by atoms with Gasteiger partial charge in [0.1, 0.15) is 28.6 Å². The van der Waals surface area contributed by atoms with Crippen LogP contribution in [0.4, 0.5) is 0 Å². The number of rotatable bonds is 13. The van der Waals surface area contributed by atoms with E-state index in [0.29, 0.717) is 22.3 Å². The first kappa shape index (κ1) is 34.4. The summed E-state index contributed by atoms with van der Waals surface area (Å²) >= 11 is 0. The van der Waals surface area contributed by atoms with Crippen molar-refractivity contribution in [3.8, 4) is 23.0 Å². The lowest BCUT2D eigenvalue weighted by molar-refractivity contribution is -0.145. The summed E-state index contributed by atoms with van der Waals surface area (Å²) in [6, 6.07) is 23.8. The third kappa shape index (κ3) is 8.49. The van der Waals surface area contributed by atoms with Gasteiger partial charge in [-0.2, -0.15) is 0 Å². The zero-order chi connectivity index (χ0) is 35.6. The fourth-order valence-corrected chi connectivity index (χ4v) is 4.57. The highest BCUT2D eigenvalue weighted by atomic mass is 16.7. The van der Waals surface area contributed by atoms with Crippen molar-refractivity contribution in [3.05, 3.63) is 133 Å². The van der Waals surface area contributed by atoms with Crippen LogP contribution in [0.1, 0.15) is 31.1 Å². The molecule has 0 aliphatic rings. The van der Waals surface area contributed by atoms with Crippen LogP contribution < -0.4 is 18.9 Å². The van der Waals surface area contributed by atoms with Crippen molar-refractivity contribution in [3.63, 3.8) is 0 Å². The Balaban J connectivity index is 1.26. The smallest absolute Gasteiger partial charge is 0.343 e. The summed E-state index contributed by atoms with van der Waals surface area (Å²) in [7, 11) is 1.16. The van der Waals surface area contributed by atoms with E-state index in [9.17, 15) is 24.0 Å². The summed E-state index contributed by atoms with van der Waals surface area (Å²) in [5, 5.41) is 2.90. The van der Waals surface area contributed by atoms with Crippen LogP contribution in [0.5, 0.6) is 23.0 Å². The number of hydrogen-bond donors (Lipinski definition) is 0. The lowest BCUT2D eigenvalue weighted by Gasteiger charge is -2.12. The molecule has 5 rings (SSSR count).